The van der Waals surface area contributed by atoms with Crippen molar-refractivity contribution in [3.05, 3.63) is 35.0 Å². The molecule has 2 aromatic rings. The Kier molecular flexibility index (Phi) is 3.76. The molecule has 0 aliphatic rings. The quantitative estimate of drug-likeness (QED) is 0.876. The molecule has 0 aliphatic carbocycles. The fourth-order valence-electron chi connectivity index (χ4n) is 2.68. The van der Waals surface area contributed by atoms with Crippen LogP contribution in [-0.4, -0.2) is 11.1 Å². The number of aryl methyl sites for hydroxylation is 2. The van der Waals surface area contributed by atoms with E-state index in [0.29, 0.717) is 5.92 Å². The first-order valence-electron chi connectivity index (χ1n) is 6.84. The average Bonchev–Trinajstić information content (AvgIpc) is 2.59. The van der Waals surface area contributed by atoms with Gasteiger partial charge in [0.05, 0.1) is 0 Å². The van der Waals surface area contributed by atoms with Crippen molar-refractivity contribution in [2.75, 3.05) is 6.54 Å². The van der Waals surface area contributed by atoms with Crippen molar-refractivity contribution >= 4 is 10.9 Å². The highest BCUT2D eigenvalue weighted by Crippen LogP contribution is 2.28. The second kappa shape index (κ2) is 5.15. The van der Waals surface area contributed by atoms with E-state index in [2.05, 4.69) is 50.6 Å². The molecule has 0 saturated heterocycles. The molecule has 0 unspecified atom stereocenters. The van der Waals surface area contributed by atoms with E-state index in [1.54, 1.807) is 0 Å². The van der Waals surface area contributed by atoms with E-state index < -0.39 is 0 Å². The summed E-state index contributed by atoms with van der Waals surface area (Å²) in [5.74, 6) is 0.585. The Balaban J connectivity index is 2.55. The molecule has 2 heteroatoms. The molecule has 0 radical (unpaired) electrons. The minimum absolute atomic E-state index is 0.585. The van der Waals surface area contributed by atoms with Crippen molar-refractivity contribution in [3.63, 3.8) is 0 Å². The number of benzene rings is 1. The summed E-state index contributed by atoms with van der Waals surface area (Å²) < 4.78 is 2.32. The van der Waals surface area contributed by atoms with Crippen molar-refractivity contribution in [2.45, 2.75) is 39.5 Å². The second-order valence-electron chi connectivity index (χ2n) is 5.45. The monoisotopic (exact) mass is 244 g/mol. The maximum absolute atomic E-state index is 5.63. The zero-order valence-electron chi connectivity index (χ0n) is 12.0. The minimum atomic E-state index is 0.585. The van der Waals surface area contributed by atoms with Gasteiger partial charge in [-0.2, -0.15) is 0 Å². The molecule has 0 amide bonds. The lowest BCUT2D eigenvalue weighted by molar-refractivity contribution is 0.760. The maximum Gasteiger partial charge on any atom is 0.0482 e. The molecule has 2 N–H and O–H groups in total. The third kappa shape index (κ3) is 2.17. The predicted octanol–water partition coefficient (Wildman–Crippen LogP) is 3.50. The van der Waals surface area contributed by atoms with E-state index >= 15 is 0 Å². The Bertz CT molecular complexity index is 550. The van der Waals surface area contributed by atoms with E-state index in [1.807, 2.05) is 0 Å². The van der Waals surface area contributed by atoms with Gasteiger partial charge in [0.15, 0.2) is 0 Å². The smallest absolute Gasteiger partial charge is 0.0482 e. The summed E-state index contributed by atoms with van der Waals surface area (Å²) >= 11 is 0. The molecule has 0 fully saturated rings. The average molecular weight is 244 g/mol. The fourth-order valence-corrected chi connectivity index (χ4v) is 2.68. The molecular formula is C16H24N2. The zero-order chi connectivity index (χ0) is 13.3. The zero-order valence-corrected chi connectivity index (χ0v) is 12.0. The Morgan fingerprint density at radius 2 is 2.00 bits per heavy atom. The van der Waals surface area contributed by atoms with Crippen molar-refractivity contribution in [1.29, 1.82) is 0 Å². The number of rotatable bonds is 4. The van der Waals surface area contributed by atoms with Gasteiger partial charge in [-0.15, -0.1) is 0 Å². The minimum Gasteiger partial charge on any atom is -0.347 e. The van der Waals surface area contributed by atoms with Gasteiger partial charge < -0.3 is 10.3 Å². The van der Waals surface area contributed by atoms with Crippen LogP contribution in [0.3, 0.4) is 0 Å². The van der Waals surface area contributed by atoms with Gasteiger partial charge in [0.25, 0.3) is 0 Å². The number of hydrogen-bond donors (Lipinski definition) is 1. The molecule has 0 atom stereocenters. The van der Waals surface area contributed by atoms with Crippen molar-refractivity contribution < 1.29 is 0 Å². The van der Waals surface area contributed by atoms with Crippen LogP contribution in [0, 0.1) is 6.92 Å². The molecule has 2 rings (SSSR count). The van der Waals surface area contributed by atoms with Gasteiger partial charge in [-0.05, 0) is 55.5 Å². The first kappa shape index (κ1) is 13.2. The van der Waals surface area contributed by atoms with Crippen LogP contribution in [0.15, 0.2) is 18.2 Å². The number of aromatic nitrogens is 1. The Morgan fingerprint density at radius 1 is 1.28 bits per heavy atom. The molecular weight excluding hydrogens is 220 g/mol. The first-order valence-corrected chi connectivity index (χ1v) is 6.84. The van der Waals surface area contributed by atoms with Crippen LogP contribution in [0.4, 0.5) is 0 Å². The number of nitrogens with two attached hydrogens (primary N) is 1. The van der Waals surface area contributed by atoms with Gasteiger partial charge in [-0.1, -0.05) is 19.9 Å². The largest absolute Gasteiger partial charge is 0.347 e. The van der Waals surface area contributed by atoms with E-state index in [9.17, 15) is 0 Å². The molecule has 2 nitrogen and oxygen atoms in total. The second-order valence-corrected chi connectivity index (χ2v) is 5.45. The van der Waals surface area contributed by atoms with Crippen LogP contribution in [0.1, 0.15) is 43.0 Å². The van der Waals surface area contributed by atoms with Gasteiger partial charge in [0.2, 0.25) is 0 Å². The molecule has 0 bridgehead atoms. The highest BCUT2D eigenvalue weighted by Gasteiger charge is 2.12. The lowest BCUT2D eigenvalue weighted by Gasteiger charge is -2.06. The van der Waals surface area contributed by atoms with Crippen LogP contribution in [0.5, 0.6) is 0 Å². The Labute approximate surface area is 110 Å². The maximum atomic E-state index is 5.63. The number of fused-ring (bicyclic) bond motifs is 1. The van der Waals surface area contributed by atoms with Gasteiger partial charge >= 0.3 is 0 Å². The van der Waals surface area contributed by atoms with Crippen LogP contribution in [-0.2, 0) is 13.5 Å². The van der Waals surface area contributed by atoms with Gasteiger partial charge in [0, 0.05) is 23.6 Å². The standard InChI is InChI=1S/C16H24N2/c1-11(2)13-7-8-16-14(10-13)12(3)15(18(16)4)6-5-9-17/h7-8,10-11H,5-6,9,17H2,1-4H3. The molecule has 1 aromatic carbocycles. The molecule has 98 valence electrons. The lowest BCUT2D eigenvalue weighted by Crippen LogP contribution is -2.04. The Morgan fingerprint density at radius 3 is 2.61 bits per heavy atom. The first-order chi connectivity index (χ1) is 8.56. The third-order valence-corrected chi connectivity index (χ3v) is 3.91. The normalized spacial score (nSPS) is 11.7. The van der Waals surface area contributed by atoms with Crippen molar-refractivity contribution in [3.8, 4) is 0 Å². The number of nitrogens with zero attached hydrogens (tertiary/aromatic N) is 1. The molecule has 18 heavy (non-hydrogen) atoms. The highest BCUT2D eigenvalue weighted by molar-refractivity contribution is 5.86. The predicted molar refractivity (Wildman–Crippen MR) is 79.1 cm³/mol. The van der Waals surface area contributed by atoms with Gasteiger partial charge in [-0.25, -0.2) is 0 Å². The van der Waals surface area contributed by atoms with Crippen molar-refractivity contribution in [1.82, 2.24) is 4.57 Å². The summed E-state index contributed by atoms with van der Waals surface area (Å²) in [4.78, 5) is 0. The van der Waals surface area contributed by atoms with Crippen LogP contribution in [0.2, 0.25) is 0 Å². The van der Waals surface area contributed by atoms with E-state index in [-0.39, 0.29) is 0 Å². The van der Waals surface area contributed by atoms with E-state index in [0.717, 1.165) is 19.4 Å². The summed E-state index contributed by atoms with van der Waals surface area (Å²) in [7, 11) is 2.16. The molecule has 0 aliphatic heterocycles. The Hall–Kier alpha value is -1.28. The fraction of sp³-hybridized carbons (Fsp3) is 0.500. The summed E-state index contributed by atoms with van der Waals surface area (Å²) in [5, 5.41) is 1.40. The highest BCUT2D eigenvalue weighted by atomic mass is 14.9. The van der Waals surface area contributed by atoms with E-state index in [1.165, 1.54) is 27.7 Å². The van der Waals surface area contributed by atoms with E-state index in [4.69, 9.17) is 5.73 Å². The van der Waals surface area contributed by atoms with Crippen LogP contribution >= 0.6 is 0 Å². The molecule has 1 heterocycles. The van der Waals surface area contributed by atoms with Crippen LogP contribution < -0.4 is 5.73 Å². The summed E-state index contributed by atoms with van der Waals surface area (Å²) in [6.07, 6.45) is 2.13. The summed E-state index contributed by atoms with van der Waals surface area (Å²) in [6, 6.07) is 6.85. The van der Waals surface area contributed by atoms with Crippen LogP contribution in [0.25, 0.3) is 10.9 Å². The molecule has 1 aromatic heterocycles. The summed E-state index contributed by atoms with van der Waals surface area (Å²) in [6.45, 7) is 7.49. The SMILES string of the molecule is Cc1c(CCCN)n(C)c2ccc(C(C)C)cc12. The number of hydrogen-bond acceptors (Lipinski definition) is 1. The van der Waals surface area contributed by atoms with Crippen molar-refractivity contribution in [2.24, 2.45) is 12.8 Å². The molecule has 0 spiro atoms. The third-order valence-electron chi connectivity index (χ3n) is 3.91. The molecule has 0 saturated carbocycles. The summed E-state index contributed by atoms with van der Waals surface area (Å²) in [5.41, 5.74) is 11.2. The lowest BCUT2D eigenvalue weighted by atomic mass is 10.00. The van der Waals surface area contributed by atoms with Gasteiger partial charge in [0.1, 0.15) is 0 Å². The topological polar surface area (TPSA) is 30.9 Å². The van der Waals surface area contributed by atoms with Gasteiger partial charge in [-0.3, -0.25) is 0 Å².